The number of hydrogen-bond acceptors (Lipinski definition) is 5. The van der Waals surface area contributed by atoms with Crippen molar-refractivity contribution in [2.24, 2.45) is 0 Å². The van der Waals surface area contributed by atoms with Gasteiger partial charge in [0.05, 0.1) is 11.0 Å². The molecule has 2 aromatic carbocycles. The Morgan fingerprint density at radius 1 is 1.17 bits per heavy atom. The van der Waals surface area contributed by atoms with Crippen LogP contribution in [-0.4, -0.2) is 46.2 Å². The second-order valence-electron chi connectivity index (χ2n) is 8.69. The molecule has 188 valence electrons. The van der Waals surface area contributed by atoms with Crippen LogP contribution >= 0.6 is 34.5 Å². The van der Waals surface area contributed by atoms with Crippen LogP contribution in [0.1, 0.15) is 51.3 Å². The van der Waals surface area contributed by atoms with Crippen LogP contribution in [-0.2, 0) is 11.2 Å². The molecule has 0 N–H and O–H groups in total. The molecule has 0 saturated heterocycles. The van der Waals surface area contributed by atoms with Gasteiger partial charge in [0, 0.05) is 45.2 Å². The van der Waals surface area contributed by atoms with E-state index in [2.05, 4.69) is 0 Å². The number of nitro groups is 1. The van der Waals surface area contributed by atoms with Gasteiger partial charge >= 0.3 is 0 Å². The highest BCUT2D eigenvalue weighted by Gasteiger charge is 2.35. The third-order valence-corrected chi connectivity index (χ3v) is 7.86. The molecule has 3 aromatic rings. The zero-order valence-corrected chi connectivity index (χ0v) is 22.2. The van der Waals surface area contributed by atoms with E-state index < -0.39 is 16.9 Å². The number of nitrogens with zero attached hydrogens (tertiary/aromatic N) is 3. The molecule has 1 atom stereocenters. The molecule has 1 aliphatic rings. The van der Waals surface area contributed by atoms with Gasteiger partial charge in [-0.1, -0.05) is 42.3 Å². The molecule has 1 aromatic heterocycles. The molecule has 0 spiro atoms. The topological polar surface area (TPSA) is 83.8 Å². The van der Waals surface area contributed by atoms with Crippen molar-refractivity contribution in [2.45, 2.75) is 32.7 Å². The summed E-state index contributed by atoms with van der Waals surface area (Å²) < 4.78 is 0. The molecule has 0 aliphatic carbocycles. The molecule has 0 radical (unpaired) electrons. The largest absolute Gasteiger partial charge is 0.330 e. The summed E-state index contributed by atoms with van der Waals surface area (Å²) in [6.07, 6.45) is 1.35. The van der Waals surface area contributed by atoms with Crippen molar-refractivity contribution in [1.82, 2.24) is 9.80 Å². The van der Waals surface area contributed by atoms with Crippen LogP contribution in [0.2, 0.25) is 10.0 Å². The number of fused-ring (bicyclic) bond motifs is 1. The fourth-order valence-electron chi connectivity index (χ4n) is 4.54. The maximum atomic E-state index is 13.7. The van der Waals surface area contributed by atoms with Gasteiger partial charge in [-0.3, -0.25) is 19.7 Å². The first kappa shape index (κ1) is 26.1. The van der Waals surface area contributed by atoms with Crippen LogP contribution < -0.4 is 0 Å². The molecule has 0 fully saturated rings. The minimum absolute atomic E-state index is 0.123. The Hall–Kier alpha value is -2.94. The van der Waals surface area contributed by atoms with Crippen molar-refractivity contribution in [1.29, 1.82) is 0 Å². The number of carbonyl (C=O) groups excluding carboxylic acids is 2. The predicted molar refractivity (Wildman–Crippen MR) is 142 cm³/mol. The first-order chi connectivity index (χ1) is 17.2. The summed E-state index contributed by atoms with van der Waals surface area (Å²) in [6, 6.07) is 11.3. The summed E-state index contributed by atoms with van der Waals surface area (Å²) in [6.45, 7) is 4.22. The van der Waals surface area contributed by atoms with Crippen LogP contribution in [0, 0.1) is 17.0 Å². The third-order valence-electron chi connectivity index (χ3n) is 6.30. The Kier molecular flexibility index (Phi) is 7.97. The molecule has 2 heterocycles. The van der Waals surface area contributed by atoms with Gasteiger partial charge in [-0.15, -0.1) is 11.3 Å². The molecule has 10 heteroatoms. The number of aryl methyl sites for hydroxylation is 1. The van der Waals surface area contributed by atoms with Crippen LogP contribution in [0.15, 0.2) is 47.8 Å². The van der Waals surface area contributed by atoms with E-state index in [-0.39, 0.29) is 23.7 Å². The number of thiophene rings is 1. The van der Waals surface area contributed by atoms with E-state index in [1.54, 1.807) is 47.4 Å². The fraction of sp³-hybridized carbons (Fsp3) is 0.308. The summed E-state index contributed by atoms with van der Waals surface area (Å²) in [5, 5.41) is 14.4. The van der Waals surface area contributed by atoms with Crippen molar-refractivity contribution in [3.8, 4) is 0 Å². The van der Waals surface area contributed by atoms with Crippen LogP contribution in [0.4, 0.5) is 5.69 Å². The molecule has 36 heavy (non-hydrogen) atoms. The fourth-order valence-corrected chi connectivity index (χ4v) is 5.96. The highest BCUT2D eigenvalue weighted by molar-refractivity contribution is 7.10. The number of hydrogen-bond donors (Lipinski definition) is 0. The van der Waals surface area contributed by atoms with Crippen LogP contribution in [0.5, 0.6) is 0 Å². The molecule has 1 aliphatic heterocycles. The SMILES string of the molecule is CCCN(CC(=O)N1CCc2sccc2C1c1ccc(Cl)cc1Cl)C(=O)c1ccc(C)c([N+](=O)[O-])c1. The number of benzene rings is 2. The summed E-state index contributed by atoms with van der Waals surface area (Å²) >= 11 is 14.3. The zero-order valence-electron chi connectivity index (χ0n) is 19.9. The maximum absolute atomic E-state index is 13.7. The van der Waals surface area contributed by atoms with E-state index in [4.69, 9.17) is 23.2 Å². The Morgan fingerprint density at radius 3 is 2.64 bits per heavy atom. The summed E-state index contributed by atoms with van der Waals surface area (Å²) in [4.78, 5) is 42.3. The monoisotopic (exact) mass is 545 g/mol. The average Bonchev–Trinajstić information content (AvgIpc) is 3.32. The Labute approximate surface area is 223 Å². The molecule has 0 bridgehead atoms. The second-order valence-corrected chi connectivity index (χ2v) is 10.5. The lowest BCUT2D eigenvalue weighted by Gasteiger charge is -2.38. The molecule has 0 saturated carbocycles. The van der Waals surface area contributed by atoms with Crippen molar-refractivity contribution in [3.63, 3.8) is 0 Å². The first-order valence-corrected chi connectivity index (χ1v) is 13.2. The molecule has 7 nitrogen and oxygen atoms in total. The van der Waals surface area contributed by atoms with Gasteiger partial charge in [-0.2, -0.15) is 0 Å². The number of halogens is 2. The molecule has 1 unspecified atom stereocenters. The lowest BCUT2D eigenvalue weighted by Crippen LogP contribution is -2.47. The van der Waals surface area contributed by atoms with E-state index in [0.717, 1.165) is 11.1 Å². The van der Waals surface area contributed by atoms with Gasteiger partial charge in [0.1, 0.15) is 6.54 Å². The van der Waals surface area contributed by atoms with Gasteiger partial charge in [-0.05, 0) is 60.5 Å². The van der Waals surface area contributed by atoms with E-state index >= 15 is 0 Å². The lowest BCUT2D eigenvalue weighted by molar-refractivity contribution is -0.385. The zero-order chi connectivity index (χ0) is 26.0. The molecule has 4 rings (SSSR count). The Balaban J connectivity index is 1.64. The Bertz CT molecular complexity index is 1330. The summed E-state index contributed by atoms with van der Waals surface area (Å²) in [5.74, 6) is -0.631. The summed E-state index contributed by atoms with van der Waals surface area (Å²) in [5.41, 5.74) is 2.33. The van der Waals surface area contributed by atoms with Crippen molar-refractivity contribution >= 4 is 52.0 Å². The number of carbonyl (C=O) groups is 2. The van der Waals surface area contributed by atoms with Crippen LogP contribution in [0.3, 0.4) is 0 Å². The van der Waals surface area contributed by atoms with E-state index in [9.17, 15) is 19.7 Å². The van der Waals surface area contributed by atoms with Crippen molar-refractivity contribution in [3.05, 3.63) is 95.1 Å². The van der Waals surface area contributed by atoms with Crippen LogP contribution in [0.25, 0.3) is 0 Å². The number of nitro benzene ring substituents is 1. The van der Waals surface area contributed by atoms with Crippen molar-refractivity contribution < 1.29 is 14.5 Å². The minimum Gasteiger partial charge on any atom is -0.330 e. The van der Waals surface area contributed by atoms with E-state index in [0.29, 0.717) is 41.5 Å². The normalized spacial score (nSPS) is 14.9. The smallest absolute Gasteiger partial charge is 0.273 e. The van der Waals surface area contributed by atoms with Gasteiger partial charge in [-0.25, -0.2) is 0 Å². The van der Waals surface area contributed by atoms with Gasteiger partial charge in [0.15, 0.2) is 0 Å². The maximum Gasteiger partial charge on any atom is 0.273 e. The first-order valence-electron chi connectivity index (χ1n) is 11.6. The number of amides is 2. The lowest BCUT2D eigenvalue weighted by atomic mass is 9.93. The highest BCUT2D eigenvalue weighted by Crippen LogP contribution is 2.41. The highest BCUT2D eigenvalue weighted by atomic mass is 35.5. The van der Waals surface area contributed by atoms with Gasteiger partial charge in [0.2, 0.25) is 5.91 Å². The number of rotatable bonds is 7. The predicted octanol–water partition coefficient (Wildman–Crippen LogP) is 6.30. The van der Waals surface area contributed by atoms with Gasteiger partial charge < -0.3 is 9.80 Å². The molecular formula is C26H25Cl2N3O4S. The quantitative estimate of drug-likeness (QED) is 0.257. The van der Waals surface area contributed by atoms with E-state index in [1.165, 1.54) is 15.8 Å². The second kappa shape index (κ2) is 11.0. The molecule has 2 amide bonds. The minimum atomic E-state index is -0.506. The molecular weight excluding hydrogens is 521 g/mol. The average molecular weight is 546 g/mol. The van der Waals surface area contributed by atoms with Gasteiger partial charge in [0.25, 0.3) is 11.6 Å². The standard InChI is InChI=1S/C26H25Cl2N3O4S/c1-3-10-29(26(33)17-5-4-16(2)22(13-17)31(34)35)15-24(32)30-11-8-23-20(9-12-36-23)25(30)19-7-6-18(27)14-21(19)28/h4-7,9,12-14,25H,3,8,10-11,15H2,1-2H3. The van der Waals surface area contributed by atoms with E-state index in [1.807, 2.05) is 24.4 Å². The Morgan fingerprint density at radius 2 is 1.94 bits per heavy atom. The van der Waals surface area contributed by atoms with Crippen molar-refractivity contribution in [2.75, 3.05) is 19.6 Å². The third kappa shape index (κ3) is 5.26. The summed E-state index contributed by atoms with van der Waals surface area (Å²) in [7, 11) is 0.